The van der Waals surface area contributed by atoms with Gasteiger partial charge < -0.3 is 5.32 Å². The van der Waals surface area contributed by atoms with Crippen molar-refractivity contribution in [1.82, 2.24) is 4.90 Å². The Balaban J connectivity index is 1.60. The van der Waals surface area contributed by atoms with Gasteiger partial charge in [0.1, 0.15) is 5.54 Å². The van der Waals surface area contributed by atoms with Crippen molar-refractivity contribution in [1.29, 1.82) is 0 Å². The number of nitro benzene ring substituents is 1. The molecule has 3 aromatic rings. The second-order valence-electron chi connectivity index (χ2n) is 8.89. The van der Waals surface area contributed by atoms with E-state index in [4.69, 9.17) is 0 Å². The first-order chi connectivity index (χ1) is 16.5. The largest absolute Gasteiger partial charge is 0.324 e. The summed E-state index contributed by atoms with van der Waals surface area (Å²) in [6.07, 6.45) is 0. The molecule has 3 aliphatic heterocycles. The maximum atomic E-state index is 14.3. The fourth-order valence-electron chi connectivity index (χ4n) is 6.03. The molecule has 7 nitrogen and oxygen atoms in total. The highest BCUT2D eigenvalue weighted by Gasteiger charge is 2.69. The van der Waals surface area contributed by atoms with E-state index in [-0.39, 0.29) is 34.9 Å². The SMILES string of the molecule is O=C(c1cccc([N+](=O)[O-])c1)C1C(c2ccccc2)C2CSCN2[C@@]12C(=O)Nc1ccccc12. The topological polar surface area (TPSA) is 92.5 Å². The number of hydrogen-bond acceptors (Lipinski definition) is 6. The Hall–Kier alpha value is -3.49. The van der Waals surface area contributed by atoms with Crippen LogP contribution in [-0.4, -0.2) is 39.2 Å². The number of ketones is 1. The number of hydrogen-bond donors (Lipinski definition) is 1. The molecule has 0 aliphatic carbocycles. The number of nitrogens with one attached hydrogen (secondary N) is 1. The molecule has 0 saturated carbocycles. The molecule has 3 heterocycles. The van der Waals surface area contributed by atoms with Crippen LogP contribution in [0.5, 0.6) is 0 Å². The quantitative estimate of drug-likeness (QED) is 0.344. The van der Waals surface area contributed by atoms with Crippen LogP contribution in [0, 0.1) is 16.0 Å². The smallest absolute Gasteiger partial charge is 0.270 e. The number of para-hydroxylation sites is 1. The van der Waals surface area contributed by atoms with E-state index < -0.39 is 16.4 Å². The summed E-state index contributed by atoms with van der Waals surface area (Å²) in [6, 6.07) is 23.2. The second kappa shape index (κ2) is 7.78. The van der Waals surface area contributed by atoms with Crippen LogP contribution in [0.1, 0.15) is 27.4 Å². The number of amides is 1. The lowest BCUT2D eigenvalue weighted by Gasteiger charge is -2.36. The molecular weight excluding hydrogens is 450 g/mol. The van der Waals surface area contributed by atoms with Gasteiger partial charge in [-0.3, -0.25) is 24.6 Å². The molecular formula is C26H21N3O4S. The summed E-state index contributed by atoms with van der Waals surface area (Å²) >= 11 is 1.76. The Kier molecular flexibility index (Phi) is 4.82. The number of rotatable bonds is 4. The van der Waals surface area contributed by atoms with Crippen LogP contribution < -0.4 is 5.32 Å². The molecule has 8 heteroatoms. The lowest BCUT2D eigenvalue weighted by atomic mass is 9.69. The lowest BCUT2D eigenvalue weighted by Crippen LogP contribution is -2.52. The molecule has 0 bridgehead atoms. The molecule has 3 aromatic carbocycles. The van der Waals surface area contributed by atoms with E-state index in [2.05, 4.69) is 10.2 Å². The number of non-ortho nitro benzene ring substituents is 1. The molecule has 2 fully saturated rings. The average Bonchev–Trinajstić information content (AvgIpc) is 3.52. The molecule has 1 spiro atoms. The molecule has 4 atom stereocenters. The van der Waals surface area contributed by atoms with Crippen molar-refractivity contribution in [3.05, 3.63) is 106 Å². The fourth-order valence-corrected chi connectivity index (χ4v) is 7.36. The zero-order valence-electron chi connectivity index (χ0n) is 18.1. The van der Waals surface area contributed by atoms with E-state index >= 15 is 0 Å². The predicted molar refractivity (Wildman–Crippen MR) is 130 cm³/mol. The molecule has 3 aliphatic rings. The third-order valence-corrected chi connectivity index (χ3v) is 8.37. The van der Waals surface area contributed by atoms with E-state index in [0.29, 0.717) is 11.6 Å². The first kappa shape index (κ1) is 21.1. The number of carbonyl (C=O) groups is 2. The van der Waals surface area contributed by atoms with Crippen LogP contribution in [0.15, 0.2) is 78.9 Å². The maximum Gasteiger partial charge on any atom is 0.270 e. The molecule has 1 N–H and O–H groups in total. The van der Waals surface area contributed by atoms with Gasteiger partial charge in [-0.1, -0.05) is 60.7 Å². The van der Waals surface area contributed by atoms with Crippen LogP contribution in [0.25, 0.3) is 0 Å². The number of benzene rings is 3. The van der Waals surface area contributed by atoms with Gasteiger partial charge in [-0.15, -0.1) is 11.8 Å². The Morgan fingerprint density at radius 3 is 2.62 bits per heavy atom. The van der Waals surface area contributed by atoms with Crippen LogP contribution in [-0.2, 0) is 10.3 Å². The number of thioether (sulfide) groups is 1. The lowest BCUT2D eigenvalue weighted by molar-refractivity contribution is -0.384. The summed E-state index contributed by atoms with van der Waals surface area (Å²) in [5.74, 6) is 0.0165. The Morgan fingerprint density at radius 2 is 1.82 bits per heavy atom. The van der Waals surface area contributed by atoms with Crippen molar-refractivity contribution in [3.63, 3.8) is 0 Å². The second-order valence-corrected chi connectivity index (χ2v) is 9.89. The number of Topliss-reactive ketones (excluding diaryl/α,β-unsaturated/α-hetero) is 1. The zero-order chi connectivity index (χ0) is 23.4. The Bertz CT molecular complexity index is 1330. The van der Waals surface area contributed by atoms with Crippen molar-refractivity contribution in [2.24, 2.45) is 5.92 Å². The standard InChI is InChI=1S/C26H21N3O4S/c30-24(17-9-6-10-18(13-17)29(32)33)23-22(16-7-2-1-3-8-16)21-14-34-15-28(21)26(23)19-11-4-5-12-20(19)27-25(26)31/h1-13,21-23H,14-15H2,(H,27,31)/t21?,22?,23?,26-/m1/s1. The first-order valence-corrected chi connectivity index (χ1v) is 12.3. The highest BCUT2D eigenvalue weighted by Crippen LogP contribution is 2.61. The normalized spacial score (nSPS) is 27.4. The summed E-state index contributed by atoms with van der Waals surface area (Å²) in [7, 11) is 0. The highest BCUT2D eigenvalue weighted by atomic mass is 32.2. The molecule has 1 amide bonds. The van der Waals surface area contributed by atoms with Gasteiger partial charge >= 0.3 is 0 Å². The number of anilines is 1. The van der Waals surface area contributed by atoms with Gasteiger partial charge in [-0.05, 0) is 11.6 Å². The van der Waals surface area contributed by atoms with Crippen molar-refractivity contribution in [2.45, 2.75) is 17.5 Å². The number of nitrogens with zero attached hydrogens (tertiary/aromatic N) is 2. The molecule has 34 heavy (non-hydrogen) atoms. The maximum absolute atomic E-state index is 14.3. The van der Waals surface area contributed by atoms with Crippen LogP contribution in [0.3, 0.4) is 0 Å². The summed E-state index contributed by atoms with van der Waals surface area (Å²) in [6.45, 7) is 0. The van der Waals surface area contributed by atoms with Gasteiger partial charge in [-0.2, -0.15) is 0 Å². The molecule has 0 aromatic heterocycles. The van der Waals surface area contributed by atoms with E-state index in [1.54, 1.807) is 17.8 Å². The minimum Gasteiger partial charge on any atom is -0.324 e. The summed E-state index contributed by atoms with van der Waals surface area (Å²) in [5.41, 5.74) is 1.46. The van der Waals surface area contributed by atoms with E-state index in [9.17, 15) is 19.7 Å². The average molecular weight is 472 g/mol. The van der Waals surface area contributed by atoms with Gasteiger partial charge in [-0.25, -0.2) is 0 Å². The number of nitro groups is 1. The molecule has 3 unspecified atom stereocenters. The van der Waals surface area contributed by atoms with Gasteiger partial charge in [0, 0.05) is 52.5 Å². The van der Waals surface area contributed by atoms with E-state index in [1.165, 1.54) is 18.2 Å². The van der Waals surface area contributed by atoms with Crippen molar-refractivity contribution < 1.29 is 14.5 Å². The van der Waals surface area contributed by atoms with Crippen molar-refractivity contribution >= 4 is 34.8 Å². The molecule has 2 saturated heterocycles. The van der Waals surface area contributed by atoms with Gasteiger partial charge in [0.2, 0.25) is 5.91 Å². The third-order valence-electron chi connectivity index (χ3n) is 7.34. The number of carbonyl (C=O) groups excluding carboxylic acids is 2. The van der Waals surface area contributed by atoms with Crippen molar-refractivity contribution in [2.75, 3.05) is 16.9 Å². The first-order valence-electron chi connectivity index (χ1n) is 11.1. The molecule has 170 valence electrons. The van der Waals surface area contributed by atoms with Crippen LogP contribution in [0.2, 0.25) is 0 Å². The van der Waals surface area contributed by atoms with Crippen molar-refractivity contribution in [3.8, 4) is 0 Å². The minimum atomic E-state index is -1.17. The van der Waals surface area contributed by atoms with Crippen LogP contribution in [0.4, 0.5) is 11.4 Å². The Morgan fingerprint density at radius 1 is 1.06 bits per heavy atom. The summed E-state index contributed by atoms with van der Waals surface area (Å²) < 4.78 is 0. The monoisotopic (exact) mass is 471 g/mol. The summed E-state index contributed by atoms with van der Waals surface area (Å²) in [4.78, 5) is 41.3. The number of fused-ring (bicyclic) bond motifs is 4. The van der Waals surface area contributed by atoms with E-state index in [0.717, 1.165) is 16.9 Å². The highest BCUT2D eigenvalue weighted by molar-refractivity contribution is 7.99. The van der Waals surface area contributed by atoms with Gasteiger partial charge in [0.25, 0.3) is 5.69 Å². The zero-order valence-corrected chi connectivity index (χ0v) is 18.9. The third kappa shape index (κ3) is 2.82. The predicted octanol–water partition coefficient (Wildman–Crippen LogP) is 4.41. The summed E-state index contributed by atoms with van der Waals surface area (Å²) in [5, 5.41) is 14.5. The molecule has 6 rings (SSSR count). The van der Waals surface area contributed by atoms with Gasteiger partial charge in [0.15, 0.2) is 5.78 Å². The molecule has 0 radical (unpaired) electrons. The van der Waals surface area contributed by atoms with E-state index in [1.807, 2.05) is 54.6 Å². The Labute approximate surface area is 200 Å². The fraction of sp³-hybridized carbons (Fsp3) is 0.231. The van der Waals surface area contributed by atoms with Gasteiger partial charge in [0.05, 0.1) is 10.8 Å². The minimum absolute atomic E-state index is 0.0167. The van der Waals surface area contributed by atoms with Crippen LogP contribution >= 0.6 is 11.8 Å².